The Balaban J connectivity index is 0.000000132. The fraction of sp³-hybridized carbons (Fsp3) is 0. The first-order valence-corrected chi connectivity index (χ1v) is 4.71. The van der Waals surface area contributed by atoms with Gasteiger partial charge in [-0.2, -0.15) is 0 Å². The molecule has 1 heterocycles. The van der Waals surface area contributed by atoms with Crippen LogP contribution in [0.3, 0.4) is 0 Å². The summed E-state index contributed by atoms with van der Waals surface area (Å²) in [6.45, 7) is 0. The Morgan fingerprint density at radius 1 is 1.08 bits per heavy atom. The fourth-order valence-electron chi connectivity index (χ4n) is 0.673. The third-order valence-corrected chi connectivity index (χ3v) is 1.79. The molecule has 1 aromatic carbocycles. The van der Waals surface area contributed by atoms with Crippen molar-refractivity contribution in [3.05, 3.63) is 59.9 Å². The van der Waals surface area contributed by atoms with Gasteiger partial charge in [-0.3, -0.25) is 0 Å². The molecule has 3 heteroatoms. The van der Waals surface area contributed by atoms with Crippen LogP contribution < -0.4 is 4.72 Å². The van der Waals surface area contributed by atoms with Crippen LogP contribution in [0.2, 0.25) is 0 Å². The minimum absolute atomic E-state index is 0.178. The lowest BCUT2D eigenvalue weighted by Gasteiger charge is -1.93. The van der Waals surface area contributed by atoms with Gasteiger partial charge in [0, 0.05) is 6.20 Å². The molecule has 0 amide bonds. The van der Waals surface area contributed by atoms with Crippen molar-refractivity contribution in [2.24, 2.45) is 0 Å². The molecule has 0 bridgehead atoms. The predicted octanol–water partition coefficient (Wildman–Crippen LogP) is 3.09. The first-order valence-electron chi connectivity index (χ1n) is 3.83. The molecule has 1 aliphatic rings. The zero-order valence-corrected chi connectivity index (χ0v) is 7.80. The maximum Gasteiger partial charge on any atom is 0.123 e. The quantitative estimate of drug-likeness (QED) is 0.638. The van der Waals surface area contributed by atoms with Crippen LogP contribution in [-0.4, -0.2) is 0 Å². The smallest absolute Gasteiger partial charge is 0.123 e. The van der Waals surface area contributed by atoms with Gasteiger partial charge >= 0.3 is 0 Å². The normalized spacial score (nSPS) is 12.7. The number of allylic oxidation sites excluding steroid dienone is 2. The Morgan fingerprint density at radius 2 is 1.85 bits per heavy atom. The number of rotatable bonds is 0. The van der Waals surface area contributed by atoms with Crippen LogP contribution in [0.4, 0.5) is 4.39 Å². The van der Waals surface area contributed by atoms with E-state index < -0.39 is 0 Å². The standard InChI is InChI=1S/C6H5F.C4H5NS/c7-6-4-2-1-3-5-6;1-2-4-6-5-3-1/h1-5H;1-5H. The van der Waals surface area contributed by atoms with Crippen LogP contribution in [0.1, 0.15) is 0 Å². The molecule has 68 valence electrons. The van der Waals surface area contributed by atoms with Crippen molar-refractivity contribution in [2.45, 2.75) is 0 Å². The minimum atomic E-state index is -0.178. The van der Waals surface area contributed by atoms with Gasteiger partial charge in [0.1, 0.15) is 5.82 Å². The Morgan fingerprint density at radius 3 is 2.08 bits per heavy atom. The molecule has 2 rings (SSSR count). The lowest BCUT2D eigenvalue weighted by atomic mass is 10.4. The first-order chi connectivity index (χ1) is 6.39. The highest BCUT2D eigenvalue weighted by Crippen LogP contribution is 1.98. The summed E-state index contributed by atoms with van der Waals surface area (Å²) in [5, 5.41) is 1.99. The Labute approximate surface area is 81.5 Å². The molecule has 1 N–H and O–H groups in total. The van der Waals surface area contributed by atoms with Crippen molar-refractivity contribution in [3.63, 3.8) is 0 Å². The van der Waals surface area contributed by atoms with E-state index in [4.69, 9.17) is 0 Å². The summed E-state index contributed by atoms with van der Waals surface area (Å²) in [6, 6.07) is 7.94. The van der Waals surface area contributed by atoms with Crippen molar-refractivity contribution in [1.82, 2.24) is 4.72 Å². The second-order valence-corrected chi connectivity index (χ2v) is 2.96. The van der Waals surface area contributed by atoms with Gasteiger partial charge in [0.05, 0.1) is 0 Å². The van der Waals surface area contributed by atoms with E-state index in [-0.39, 0.29) is 5.82 Å². The third-order valence-electron chi connectivity index (χ3n) is 1.22. The van der Waals surface area contributed by atoms with E-state index in [9.17, 15) is 4.39 Å². The van der Waals surface area contributed by atoms with Gasteiger partial charge in [0.2, 0.25) is 0 Å². The van der Waals surface area contributed by atoms with E-state index in [0.717, 1.165) is 0 Å². The Kier molecular flexibility index (Phi) is 4.79. The minimum Gasteiger partial charge on any atom is -0.333 e. The highest BCUT2D eigenvalue weighted by molar-refractivity contribution is 8.00. The molecule has 0 aliphatic carbocycles. The van der Waals surface area contributed by atoms with Crippen LogP contribution in [0.5, 0.6) is 0 Å². The van der Waals surface area contributed by atoms with Crippen molar-refractivity contribution in [3.8, 4) is 0 Å². The molecule has 0 fully saturated rings. The van der Waals surface area contributed by atoms with E-state index in [2.05, 4.69) is 4.72 Å². The highest BCUT2D eigenvalue weighted by Gasteiger charge is 1.77. The fourth-order valence-corrected chi connectivity index (χ4v) is 1.08. The second-order valence-electron chi connectivity index (χ2n) is 2.22. The topological polar surface area (TPSA) is 12.0 Å². The number of benzene rings is 1. The van der Waals surface area contributed by atoms with Crippen LogP contribution in [0.15, 0.2) is 54.1 Å². The molecule has 13 heavy (non-hydrogen) atoms. The molecule has 0 spiro atoms. The van der Waals surface area contributed by atoms with Gasteiger partial charge in [0.15, 0.2) is 0 Å². The summed E-state index contributed by atoms with van der Waals surface area (Å²) >= 11 is 1.58. The van der Waals surface area contributed by atoms with E-state index >= 15 is 0 Å². The maximum atomic E-state index is 11.9. The van der Waals surface area contributed by atoms with Crippen molar-refractivity contribution >= 4 is 11.9 Å². The summed E-state index contributed by atoms with van der Waals surface area (Å²) in [5.41, 5.74) is 0. The Bertz CT molecular complexity index is 270. The summed E-state index contributed by atoms with van der Waals surface area (Å²) in [7, 11) is 0. The summed E-state index contributed by atoms with van der Waals surface area (Å²) < 4.78 is 14.8. The number of hydrogen-bond donors (Lipinski definition) is 1. The van der Waals surface area contributed by atoms with Gasteiger partial charge < -0.3 is 4.72 Å². The molecule has 0 atom stereocenters. The molecule has 0 aromatic heterocycles. The number of hydrogen-bond acceptors (Lipinski definition) is 2. The van der Waals surface area contributed by atoms with Crippen LogP contribution in [-0.2, 0) is 0 Å². The van der Waals surface area contributed by atoms with E-state index in [1.165, 1.54) is 12.1 Å². The molecule has 0 saturated carbocycles. The average molecular weight is 195 g/mol. The maximum absolute atomic E-state index is 11.9. The Hall–Kier alpha value is -1.22. The van der Waals surface area contributed by atoms with Gasteiger partial charge in [-0.15, -0.1) is 0 Å². The van der Waals surface area contributed by atoms with Crippen LogP contribution >= 0.6 is 11.9 Å². The average Bonchev–Trinajstić information content (AvgIpc) is 2.22. The SMILES string of the molecule is C1=CNSC=C1.Fc1ccccc1. The molecule has 0 radical (unpaired) electrons. The molecular weight excluding hydrogens is 185 g/mol. The molecule has 1 aliphatic heterocycles. The van der Waals surface area contributed by atoms with Crippen LogP contribution in [0.25, 0.3) is 0 Å². The number of halogens is 1. The molecule has 1 aromatic rings. The second kappa shape index (κ2) is 6.31. The lowest BCUT2D eigenvalue weighted by molar-refractivity contribution is 0.628. The van der Waals surface area contributed by atoms with E-state index in [1.807, 2.05) is 23.8 Å². The first kappa shape index (κ1) is 9.86. The summed E-state index contributed by atoms with van der Waals surface area (Å²) in [5.74, 6) is -0.178. The van der Waals surface area contributed by atoms with Gasteiger partial charge in [0.25, 0.3) is 0 Å². The van der Waals surface area contributed by atoms with Crippen molar-refractivity contribution < 1.29 is 4.39 Å². The van der Waals surface area contributed by atoms with E-state index in [0.29, 0.717) is 0 Å². The number of nitrogens with one attached hydrogen (secondary N) is 1. The molecule has 1 nitrogen and oxygen atoms in total. The van der Waals surface area contributed by atoms with Crippen LogP contribution in [0, 0.1) is 5.82 Å². The highest BCUT2D eigenvalue weighted by atomic mass is 32.2. The molecule has 0 unspecified atom stereocenters. The summed E-state index contributed by atoms with van der Waals surface area (Å²) in [6.07, 6.45) is 5.84. The zero-order chi connectivity index (χ0) is 9.36. The largest absolute Gasteiger partial charge is 0.333 e. The summed E-state index contributed by atoms with van der Waals surface area (Å²) in [4.78, 5) is 0. The van der Waals surface area contributed by atoms with Gasteiger partial charge in [-0.25, -0.2) is 4.39 Å². The van der Waals surface area contributed by atoms with E-state index in [1.54, 1.807) is 30.1 Å². The van der Waals surface area contributed by atoms with Gasteiger partial charge in [-0.05, 0) is 35.6 Å². The lowest BCUT2D eigenvalue weighted by Crippen LogP contribution is -1.88. The molecule has 0 saturated heterocycles. The monoisotopic (exact) mass is 195 g/mol. The third kappa shape index (κ3) is 5.09. The molecular formula is C10H10FNS. The predicted molar refractivity (Wildman–Crippen MR) is 55.4 cm³/mol. The zero-order valence-electron chi connectivity index (χ0n) is 6.98. The van der Waals surface area contributed by atoms with Crippen molar-refractivity contribution in [1.29, 1.82) is 0 Å². The van der Waals surface area contributed by atoms with Gasteiger partial charge in [-0.1, -0.05) is 24.3 Å². The van der Waals surface area contributed by atoms with Crippen molar-refractivity contribution in [2.75, 3.05) is 0 Å².